The molecule has 2 aromatic carbocycles. The molecule has 0 saturated heterocycles. The Balaban J connectivity index is 1.80. The standard InChI is InChI=1S/C20H21F3N4O3/c1-2-27(12-17(28)26-19-15(22)4-3-5-16(19)23)18(29)11-25-20(30)24-10-13-6-8-14(21)9-7-13/h3-9H,2,10-12H2,1H3,(H,26,28)(H2,24,25,30). The van der Waals surface area contributed by atoms with E-state index in [4.69, 9.17) is 0 Å². The summed E-state index contributed by atoms with van der Waals surface area (Å²) >= 11 is 0. The van der Waals surface area contributed by atoms with Gasteiger partial charge in [-0.05, 0) is 36.8 Å². The van der Waals surface area contributed by atoms with Crippen LogP contribution < -0.4 is 16.0 Å². The molecule has 0 spiro atoms. The summed E-state index contributed by atoms with van der Waals surface area (Å²) in [6.45, 7) is 1.06. The molecule has 2 aromatic rings. The lowest BCUT2D eigenvalue weighted by Crippen LogP contribution is -2.45. The minimum atomic E-state index is -0.933. The van der Waals surface area contributed by atoms with Crippen LogP contribution in [0.2, 0.25) is 0 Å². The van der Waals surface area contributed by atoms with E-state index >= 15 is 0 Å². The number of urea groups is 1. The van der Waals surface area contributed by atoms with Crippen molar-refractivity contribution < 1.29 is 27.6 Å². The van der Waals surface area contributed by atoms with E-state index in [9.17, 15) is 27.6 Å². The molecule has 0 saturated carbocycles. The Labute approximate surface area is 171 Å². The first-order valence-electron chi connectivity index (χ1n) is 9.08. The van der Waals surface area contributed by atoms with Crippen LogP contribution in [0.4, 0.5) is 23.7 Å². The second kappa shape index (κ2) is 10.8. The van der Waals surface area contributed by atoms with Crippen LogP contribution in [-0.4, -0.2) is 42.4 Å². The molecule has 160 valence electrons. The van der Waals surface area contributed by atoms with Gasteiger partial charge in [0.25, 0.3) is 0 Å². The number of anilines is 1. The second-order valence-corrected chi connectivity index (χ2v) is 6.22. The van der Waals surface area contributed by atoms with E-state index in [0.29, 0.717) is 5.56 Å². The number of para-hydroxylation sites is 1. The van der Waals surface area contributed by atoms with Gasteiger partial charge in [-0.2, -0.15) is 0 Å². The number of carbonyl (C=O) groups is 3. The number of carbonyl (C=O) groups excluding carboxylic acids is 3. The van der Waals surface area contributed by atoms with Crippen molar-refractivity contribution in [2.45, 2.75) is 13.5 Å². The molecular weight excluding hydrogens is 401 g/mol. The molecule has 0 aliphatic rings. The van der Waals surface area contributed by atoms with Crippen molar-refractivity contribution in [2.75, 3.05) is 25.0 Å². The molecule has 0 aromatic heterocycles. The van der Waals surface area contributed by atoms with E-state index in [2.05, 4.69) is 16.0 Å². The molecule has 2 rings (SSSR count). The van der Waals surface area contributed by atoms with Crippen molar-refractivity contribution in [2.24, 2.45) is 0 Å². The smallest absolute Gasteiger partial charge is 0.315 e. The highest BCUT2D eigenvalue weighted by Crippen LogP contribution is 2.17. The highest BCUT2D eigenvalue weighted by Gasteiger charge is 2.18. The first kappa shape index (κ1) is 22.7. The predicted molar refractivity (Wildman–Crippen MR) is 104 cm³/mol. The van der Waals surface area contributed by atoms with E-state index in [-0.39, 0.29) is 19.6 Å². The van der Waals surface area contributed by atoms with Gasteiger partial charge in [-0.25, -0.2) is 18.0 Å². The molecular formula is C20H21F3N4O3. The summed E-state index contributed by atoms with van der Waals surface area (Å²) in [5.41, 5.74) is 0.0782. The SMILES string of the molecule is CCN(CC(=O)Nc1c(F)cccc1F)C(=O)CNC(=O)NCc1ccc(F)cc1. The zero-order valence-electron chi connectivity index (χ0n) is 16.2. The van der Waals surface area contributed by atoms with Crippen LogP contribution in [0.1, 0.15) is 12.5 Å². The summed E-state index contributed by atoms with van der Waals surface area (Å²) in [4.78, 5) is 37.2. The Hall–Kier alpha value is -3.56. The Morgan fingerprint density at radius 2 is 1.57 bits per heavy atom. The van der Waals surface area contributed by atoms with E-state index in [1.165, 1.54) is 24.3 Å². The van der Waals surface area contributed by atoms with Crippen molar-refractivity contribution in [1.82, 2.24) is 15.5 Å². The minimum absolute atomic E-state index is 0.133. The molecule has 0 aliphatic carbocycles. The molecule has 30 heavy (non-hydrogen) atoms. The van der Waals surface area contributed by atoms with Gasteiger partial charge in [-0.1, -0.05) is 18.2 Å². The van der Waals surface area contributed by atoms with Crippen LogP contribution in [0, 0.1) is 17.5 Å². The summed E-state index contributed by atoms with van der Waals surface area (Å²) in [7, 11) is 0. The molecule has 0 fully saturated rings. The third kappa shape index (κ3) is 6.80. The molecule has 0 aliphatic heterocycles. The fraction of sp³-hybridized carbons (Fsp3) is 0.250. The van der Waals surface area contributed by atoms with Crippen molar-refractivity contribution in [3.8, 4) is 0 Å². The van der Waals surface area contributed by atoms with E-state index in [1.54, 1.807) is 6.92 Å². The summed E-state index contributed by atoms with van der Waals surface area (Å²) < 4.78 is 40.1. The van der Waals surface area contributed by atoms with Gasteiger partial charge >= 0.3 is 6.03 Å². The highest BCUT2D eigenvalue weighted by atomic mass is 19.1. The molecule has 0 atom stereocenters. The number of hydrogen-bond donors (Lipinski definition) is 3. The lowest BCUT2D eigenvalue weighted by Gasteiger charge is -2.21. The van der Waals surface area contributed by atoms with Crippen LogP contribution in [0.15, 0.2) is 42.5 Å². The Morgan fingerprint density at radius 1 is 0.933 bits per heavy atom. The Morgan fingerprint density at radius 3 is 2.17 bits per heavy atom. The molecule has 0 unspecified atom stereocenters. The van der Waals surface area contributed by atoms with Gasteiger partial charge in [-0.3, -0.25) is 9.59 Å². The van der Waals surface area contributed by atoms with Crippen molar-refractivity contribution in [3.63, 3.8) is 0 Å². The van der Waals surface area contributed by atoms with Gasteiger partial charge in [0, 0.05) is 13.1 Å². The fourth-order valence-corrected chi connectivity index (χ4v) is 2.46. The van der Waals surface area contributed by atoms with Crippen LogP contribution in [0.5, 0.6) is 0 Å². The summed E-state index contributed by atoms with van der Waals surface area (Å²) in [5.74, 6) is -3.60. The summed E-state index contributed by atoms with van der Waals surface area (Å²) in [6, 6.07) is 8.07. The van der Waals surface area contributed by atoms with Crippen molar-refractivity contribution in [3.05, 3.63) is 65.5 Å². The maximum Gasteiger partial charge on any atom is 0.315 e. The highest BCUT2D eigenvalue weighted by molar-refractivity contribution is 5.95. The van der Waals surface area contributed by atoms with Gasteiger partial charge < -0.3 is 20.9 Å². The van der Waals surface area contributed by atoms with Crippen LogP contribution in [0.25, 0.3) is 0 Å². The van der Waals surface area contributed by atoms with E-state index in [0.717, 1.165) is 23.1 Å². The number of nitrogens with zero attached hydrogens (tertiary/aromatic N) is 1. The second-order valence-electron chi connectivity index (χ2n) is 6.22. The predicted octanol–water partition coefficient (Wildman–Crippen LogP) is 2.39. The maximum atomic E-state index is 13.6. The minimum Gasteiger partial charge on any atom is -0.334 e. The number of nitrogens with one attached hydrogen (secondary N) is 3. The number of hydrogen-bond acceptors (Lipinski definition) is 3. The first-order valence-corrected chi connectivity index (χ1v) is 9.08. The van der Waals surface area contributed by atoms with Crippen LogP contribution >= 0.6 is 0 Å². The molecule has 7 nitrogen and oxygen atoms in total. The third-order valence-corrected chi connectivity index (χ3v) is 4.06. The summed E-state index contributed by atoms with van der Waals surface area (Å²) in [6.07, 6.45) is 0. The van der Waals surface area contributed by atoms with E-state index < -0.39 is 47.5 Å². The average Bonchev–Trinajstić information content (AvgIpc) is 2.72. The van der Waals surface area contributed by atoms with Crippen molar-refractivity contribution >= 4 is 23.5 Å². The number of amides is 4. The maximum absolute atomic E-state index is 13.6. The first-order chi connectivity index (χ1) is 14.3. The van der Waals surface area contributed by atoms with Gasteiger partial charge in [0.05, 0.1) is 13.1 Å². The van der Waals surface area contributed by atoms with Gasteiger partial charge in [-0.15, -0.1) is 0 Å². The molecule has 3 N–H and O–H groups in total. The van der Waals surface area contributed by atoms with Gasteiger partial charge in [0.15, 0.2) is 0 Å². The molecule has 4 amide bonds. The number of benzene rings is 2. The largest absolute Gasteiger partial charge is 0.334 e. The third-order valence-electron chi connectivity index (χ3n) is 4.06. The zero-order valence-corrected chi connectivity index (χ0v) is 16.2. The fourth-order valence-electron chi connectivity index (χ4n) is 2.46. The van der Waals surface area contributed by atoms with Crippen molar-refractivity contribution in [1.29, 1.82) is 0 Å². The monoisotopic (exact) mass is 422 g/mol. The van der Waals surface area contributed by atoms with Gasteiger partial charge in [0.1, 0.15) is 23.1 Å². The lowest BCUT2D eigenvalue weighted by atomic mass is 10.2. The van der Waals surface area contributed by atoms with Crippen LogP contribution in [0.3, 0.4) is 0 Å². The molecule has 0 radical (unpaired) electrons. The Kier molecular flexibility index (Phi) is 8.21. The summed E-state index contributed by atoms with van der Waals surface area (Å²) in [5, 5.41) is 6.96. The normalized spacial score (nSPS) is 10.3. The van der Waals surface area contributed by atoms with Crippen LogP contribution in [-0.2, 0) is 16.1 Å². The topological polar surface area (TPSA) is 90.5 Å². The number of rotatable bonds is 8. The zero-order chi connectivity index (χ0) is 22.1. The van der Waals surface area contributed by atoms with E-state index in [1.807, 2.05) is 0 Å². The number of halogens is 3. The molecule has 0 bridgehead atoms. The lowest BCUT2D eigenvalue weighted by molar-refractivity contribution is -0.133. The number of likely N-dealkylation sites (N-methyl/N-ethyl adjacent to an activating group) is 1. The molecule has 10 heteroatoms. The Bertz CT molecular complexity index is 886. The quantitative estimate of drug-likeness (QED) is 0.610. The molecule has 0 heterocycles. The average molecular weight is 422 g/mol. The van der Waals surface area contributed by atoms with Gasteiger partial charge in [0.2, 0.25) is 11.8 Å².